The van der Waals surface area contributed by atoms with Gasteiger partial charge in [-0.3, -0.25) is 0 Å². The number of rotatable bonds is 4. The van der Waals surface area contributed by atoms with Gasteiger partial charge < -0.3 is 9.47 Å². The van der Waals surface area contributed by atoms with Crippen molar-refractivity contribution in [2.75, 3.05) is 13.7 Å². The summed E-state index contributed by atoms with van der Waals surface area (Å²) >= 11 is 11.4. The molecular formula is C11H11Cl2FO3. The molecular weight excluding hydrogens is 270 g/mol. The summed E-state index contributed by atoms with van der Waals surface area (Å²) in [7, 11) is 1.31. The Balaban J connectivity index is 3.23. The lowest BCUT2D eigenvalue weighted by atomic mass is 10.1. The third-order valence-corrected chi connectivity index (χ3v) is 2.70. The van der Waals surface area contributed by atoms with Gasteiger partial charge in [0.25, 0.3) is 0 Å². The van der Waals surface area contributed by atoms with E-state index in [9.17, 15) is 9.18 Å². The second kappa shape index (κ2) is 5.56. The topological polar surface area (TPSA) is 35.5 Å². The van der Waals surface area contributed by atoms with E-state index in [0.717, 1.165) is 0 Å². The molecule has 0 fully saturated rings. The number of benzene rings is 1. The number of halogens is 3. The third kappa shape index (κ3) is 2.82. The number of esters is 1. The molecule has 0 bridgehead atoms. The van der Waals surface area contributed by atoms with E-state index in [2.05, 4.69) is 4.74 Å². The van der Waals surface area contributed by atoms with Crippen LogP contribution in [0.2, 0.25) is 5.02 Å². The van der Waals surface area contributed by atoms with Crippen LogP contribution in [0.3, 0.4) is 0 Å². The quantitative estimate of drug-likeness (QED) is 0.627. The zero-order valence-electron chi connectivity index (χ0n) is 9.30. The minimum absolute atomic E-state index is 0.0136. The van der Waals surface area contributed by atoms with E-state index in [1.807, 2.05) is 0 Å². The lowest BCUT2D eigenvalue weighted by molar-refractivity contribution is -0.152. The Morgan fingerprint density at radius 2 is 2.18 bits per heavy atom. The Labute approximate surface area is 108 Å². The second-order valence-electron chi connectivity index (χ2n) is 3.12. The van der Waals surface area contributed by atoms with Crippen molar-refractivity contribution >= 4 is 29.2 Å². The molecule has 0 amide bonds. The van der Waals surface area contributed by atoms with Gasteiger partial charge in [0.15, 0.2) is 0 Å². The van der Waals surface area contributed by atoms with Gasteiger partial charge in [-0.05, 0) is 13.0 Å². The highest BCUT2D eigenvalue weighted by Gasteiger charge is 2.43. The zero-order chi connectivity index (χ0) is 13.1. The molecule has 6 heteroatoms. The smallest absolute Gasteiger partial charge is 0.364 e. The Kier molecular flexibility index (Phi) is 4.60. The van der Waals surface area contributed by atoms with Gasteiger partial charge in [-0.1, -0.05) is 35.3 Å². The highest BCUT2D eigenvalue weighted by Crippen LogP contribution is 2.41. The maximum atomic E-state index is 14.2. The van der Waals surface area contributed by atoms with Crippen molar-refractivity contribution in [2.45, 2.75) is 12.1 Å². The van der Waals surface area contributed by atoms with E-state index in [1.54, 1.807) is 6.92 Å². The molecule has 0 aliphatic carbocycles. The fraction of sp³-hybridized carbons (Fsp3) is 0.364. The maximum Gasteiger partial charge on any atom is 0.364 e. The van der Waals surface area contributed by atoms with Crippen molar-refractivity contribution in [3.05, 3.63) is 28.8 Å². The lowest BCUT2D eigenvalue weighted by Crippen LogP contribution is -2.27. The van der Waals surface area contributed by atoms with Crippen LogP contribution in [0, 0.1) is 0 Å². The second-order valence-corrected chi connectivity index (χ2v) is 4.04. The van der Waals surface area contributed by atoms with E-state index in [-0.39, 0.29) is 22.9 Å². The molecule has 0 spiro atoms. The molecule has 0 saturated carbocycles. The molecule has 94 valence electrons. The first-order valence-electron chi connectivity index (χ1n) is 4.83. The summed E-state index contributed by atoms with van der Waals surface area (Å²) in [4.78, 5) is 11.4. The van der Waals surface area contributed by atoms with Crippen LogP contribution in [0.25, 0.3) is 0 Å². The molecule has 17 heavy (non-hydrogen) atoms. The van der Waals surface area contributed by atoms with Crippen molar-refractivity contribution in [1.29, 1.82) is 0 Å². The van der Waals surface area contributed by atoms with Gasteiger partial charge in [-0.2, -0.15) is 0 Å². The van der Waals surface area contributed by atoms with Gasteiger partial charge in [0.05, 0.1) is 24.3 Å². The van der Waals surface area contributed by atoms with Crippen molar-refractivity contribution in [1.82, 2.24) is 0 Å². The standard InChI is InChI=1S/C11H11Cl2FO3/c1-3-17-10(15)11(13,14)7-5-4-6-8(12)9(7)16-2/h4-6H,3H2,1-2H3. The van der Waals surface area contributed by atoms with Crippen LogP contribution < -0.4 is 4.74 Å². The molecule has 0 N–H and O–H groups in total. The van der Waals surface area contributed by atoms with Crippen LogP contribution in [-0.2, 0) is 14.7 Å². The van der Waals surface area contributed by atoms with Crippen LogP contribution in [0.4, 0.5) is 4.39 Å². The van der Waals surface area contributed by atoms with E-state index < -0.39 is 11.1 Å². The summed E-state index contributed by atoms with van der Waals surface area (Å²) in [6.07, 6.45) is 0. The largest absolute Gasteiger partial charge is 0.495 e. The third-order valence-electron chi connectivity index (χ3n) is 2.04. The number of methoxy groups -OCH3 is 1. The molecule has 0 aromatic heterocycles. The average Bonchev–Trinajstić information content (AvgIpc) is 2.29. The van der Waals surface area contributed by atoms with Crippen molar-refractivity contribution < 1.29 is 18.7 Å². The molecule has 1 rings (SSSR count). The molecule has 3 nitrogen and oxygen atoms in total. The highest BCUT2D eigenvalue weighted by molar-refractivity contribution is 6.34. The van der Waals surface area contributed by atoms with Crippen LogP contribution in [0.15, 0.2) is 18.2 Å². The Hall–Kier alpha value is -1.00. The average molecular weight is 281 g/mol. The van der Waals surface area contributed by atoms with Crippen molar-refractivity contribution in [2.24, 2.45) is 0 Å². The molecule has 1 unspecified atom stereocenters. The summed E-state index contributed by atoms with van der Waals surface area (Å²) in [6, 6.07) is 4.28. The number of hydrogen-bond donors (Lipinski definition) is 0. The van der Waals surface area contributed by atoms with Gasteiger partial charge in [-0.25, -0.2) is 9.18 Å². The molecule has 1 aromatic carbocycles. The van der Waals surface area contributed by atoms with Gasteiger partial charge in [0.2, 0.25) is 0 Å². The predicted molar refractivity (Wildman–Crippen MR) is 63.3 cm³/mol. The molecule has 1 aromatic rings. The first-order chi connectivity index (χ1) is 7.95. The fourth-order valence-corrected chi connectivity index (χ4v) is 1.75. The van der Waals surface area contributed by atoms with Crippen molar-refractivity contribution in [3.8, 4) is 5.75 Å². The first-order valence-corrected chi connectivity index (χ1v) is 5.58. The minimum atomic E-state index is -2.81. The van der Waals surface area contributed by atoms with Gasteiger partial charge >= 0.3 is 11.1 Å². The highest BCUT2D eigenvalue weighted by atomic mass is 35.5. The van der Waals surface area contributed by atoms with Crippen LogP contribution in [0.5, 0.6) is 5.75 Å². The number of para-hydroxylation sites is 1. The minimum Gasteiger partial charge on any atom is -0.495 e. The summed E-state index contributed by atoms with van der Waals surface area (Å²) < 4.78 is 23.7. The number of carbonyl (C=O) groups is 1. The van der Waals surface area contributed by atoms with Crippen LogP contribution in [-0.4, -0.2) is 19.7 Å². The van der Waals surface area contributed by atoms with Gasteiger partial charge in [-0.15, -0.1) is 0 Å². The summed E-state index contributed by atoms with van der Waals surface area (Å²) in [6.45, 7) is 1.58. The predicted octanol–water partition coefficient (Wildman–Crippen LogP) is 3.27. The maximum absolute atomic E-state index is 14.2. The zero-order valence-corrected chi connectivity index (χ0v) is 10.8. The van der Waals surface area contributed by atoms with Crippen LogP contribution in [0.1, 0.15) is 12.5 Å². The van der Waals surface area contributed by atoms with Crippen LogP contribution >= 0.6 is 23.2 Å². The molecule has 1 atom stereocenters. The molecule has 0 aliphatic heterocycles. The molecule has 0 radical (unpaired) electrons. The number of ether oxygens (including phenoxy) is 2. The fourth-order valence-electron chi connectivity index (χ4n) is 1.30. The molecule has 0 aliphatic rings. The van der Waals surface area contributed by atoms with Crippen molar-refractivity contribution in [3.63, 3.8) is 0 Å². The van der Waals surface area contributed by atoms with Gasteiger partial charge in [0.1, 0.15) is 5.75 Å². The first kappa shape index (κ1) is 14.1. The Morgan fingerprint density at radius 3 is 2.71 bits per heavy atom. The number of alkyl halides is 2. The normalized spacial score (nSPS) is 13.9. The Morgan fingerprint density at radius 1 is 1.53 bits per heavy atom. The Bertz CT molecular complexity index is 421. The van der Waals surface area contributed by atoms with E-state index in [0.29, 0.717) is 0 Å². The van der Waals surface area contributed by atoms with Gasteiger partial charge in [0, 0.05) is 0 Å². The van der Waals surface area contributed by atoms with E-state index in [1.165, 1.54) is 25.3 Å². The monoisotopic (exact) mass is 280 g/mol. The summed E-state index contributed by atoms with van der Waals surface area (Å²) in [5.74, 6) is -1.18. The molecule has 0 heterocycles. The summed E-state index contributed by atoms with van der Waals surface area (Å²) in [5, 5.41) is -2.65. The number of carbonyl (C=O) groups excluding carboxylic acids is 1. The number of hydrogen-bond acceptors (Lipinski definition) is 3. The summed E-state index contributed by atoms with van der Waals surface area (Å²) in [5.41, 5.74) is -0.174. The lowest BCUT2D eigenvalue weighted by Gasteiger charge is -2.19. The molecule has 0 saturated heterocycles. The SMILES string of the molecule is CCOC(=O)C(F)(Cl)c1cccc(Cl)c1OC. The van der Waals surface area contributed by atoms with E-state index in [4.69, 9.17) is 27.9 Å². The van der Waals surface area contributed by atoms with E-state index >= 15 is 0 Å².